The van der Waals surface area contributed by atoms with E-state index in [0.717, 1.165) is 32.7 Å². The van der Waals surface area contributed by atoms with Gasteiger partial charge in [-0.15, -0.1) is 0 Å². The fourth-order valence-electron chi connectivity index (χ4n) is 3.90. The maximum absolute atomic E-state index is 12.6. The summed E-state index contributed by atoms with van der Waals surface area (Å²) in [5.74, 6) is -0.00938. The Bertz CT molecular complexity index is 640. The first-order valence-electron chi connectivity index (χ1n) is 9.05. The molecule has 2 N–H and O–H groups in total. The van der Waals surface area contributed by atoms with Crippen LogP contribution in [0.4, 0.5) is 5.69 Å². The minimum atomic E-state index is -0.255. The third kappa shape index (κ3) is 4.12. The Balaban J connectivity index is 1.50. The van der Waals surface area contributed by atoms with Crippen LogP contribution in [0.25, 0.3) is 0 Å². The second kappa shape index (κ2) is 7.44. The van der Waals surface area contributed by atoms with Gasteiger partial charge in [-0.2, -0.15) is 0 Å². The number of carbonyl (C=O) groups is 2. The number of likely N-dealkylation sites (tertiary alicyclic amines) is 1. The van der Waals surface area contributed by atoms with Crippen LogP contribution in [-0.4, -0.2) is 67.4 Å². The molecule has 6 nitrogen and oxygen atoms in total. The Hall–Kier alpha value is -2.08. The molecule has 2 amide bonds. The van der Waals surface area contributed by atoms with Crippen LogP contribution in [-0.2, 0) is 9.59 Å². The Morgan fingerprint density at radius 2 is 1.88 bits per heavy atom. The van der Waals surface area contributed by atoms with Crippen molar-refractivity contribution < 1.29 is 9.59 Å². The molecular formula is C19H28N4O2. The van der Waals surface area contributed by atoms with E-state index in [9.17, 15) is 9.59 Å². The predicted molar refractivity (Wildman–Crippen MR) is 98.3 cm³/mol. The number of rotatable bonds is 4. The summed E-state index contributed by atoms with van der Waals surface area (Å²) in [6.07, 6.45) is 0. The van der Waals surface area contributed by atoms with Crippen LogP contribution in [0.1, 0.15) is 12.5 Å². The molecule has 0 bridgehead atoms. The minimum absolute atomic E-state index is 0.133. The van der Waals surface area contributed by atoms with Gasteiger partial charge in [0.15, 0.2) is 0 Å². The summed E-state index contributed by atoms with van der Waals surface area (Å²) in [5, 5.41) is 0. The van der Waals surface area contributed by atoms with E-state index in [2.05, 4.69) is 41.0 Å². The molecule has 1 aromatic rings. The van der Waals surface area contributed by atoms with E-state index in [1.54, 1.807) is 0 Å². The minimum Gasteiger partial charge on any atom is -0.369 e. The maximum Gasteiger partial charge on any atom is 0.236 e. The summed E-state index contributed by atoms with van der Waals surface area (Å²) in [6, 6.07) is 8.48. The number of nitrogens with two attached hydrogens (primary N) is 1. The van der Waals surface area contributed by atoms with E-state index in [-0.39, 0.29) is 23.7 Å². The van der Waals surface area contributed by atoms with Gasteiger partial charge in [0, 0.05) is 45.0 Å². The molecule has 2 saturated heterocycles. The van der Waals surface area contributed by atoms with Gasteiger partial charge in [0.2, 0.25) is 11.8 Å². The van der Waals surface area contributed by atoms with E-state index < -0.39 is 0 Å². The molecule has 0 radical (unpaired) electrons. The molecule has 0 aromatic heterocycles. The summed E-state index contributed by atoms with van der Waals surface area (Å²) in [6.45, 7) is 9.09. The lowest BCUT2D eigenvalue weighted by atomic mass is 9.98. The highest BCUT2D eigenvalue weighted by Crippen LogP contribution is 2.23. The van der Waals surface area contributed by atoms with Crippen LogP contribution in [0.2, 0.25) is 0 Å². The van der Waals surface area contributed by atoms with Gasteiger partial charge in [0.25, 0.3) is 0 Å². The zero-order valence-corrected chi connectivity index (χ0v) is 15.1. The van der Waals surface area contributed by atoms with Crippen molar-refractivity contribution in [2.24, 2.45) is 17.6 Å². The lowest BCUT2D eigenvalue weighted by Gasteiger charge is -2.37. The topological polar surface area (TPSA) is 69.9 Å². The molecule has 6 heteroatoms. The first-order valence-corrected chi connectivity index (χ1v) is 9.05. The molecule has 2 aliphatic heterocycles. The number of anilines is 1. The van der Waals surface area contributed by atoms with E-state index in [1.807, 2.05) is 11.8 Å². The number of hydrogen-bond acceptors (Lipinski definition) is 4. The number of primary amides is 1. The van der Waals surface area contributed by atoms with Gasteiger partial charge in [-0.3, -0.25) is 14.5 Å². The first-order chi connectivity index (χ1) is 11.9. The van der Waals surface area contributed by atoms with Gasteiger partial charge in [0.1, 0.15) is 0 Å². The van der Waals surface area contributed by atoms with Crippen molar-refractivity contribution in [3.05, 3.63) is 29.8 Å². The molecule has 1 aromatic carbocycles. The number of aryl methyl sites for hydroxylation is 1. The monoisotopic (exact) mass is 344 g/mol. The number of carbonyl (C=O) groups excluding carboxylic acids is 2. The average molecular weight is 344 g/mol. The molecule has 0 spiro atoms. The Labute approximate surface area is 149 Å². The zero-order valence-electron chi connectivity index (χ0n) is 15.1. The van der Waals surface area contributed by atoms with Crippen molar-refractivity contribution in [2.45, 2.75) is 13.8 Å². The summed E-state index contributed by atoms with van der Waals surface area (Å²) in [5.41, 5.74) is 7.92. The van der Waals surface area contributed by atoms with Gasteiger partial charge in [0.05, 0.1) is 12.5 Å². The lowest BCUT2D eigenvalue weighted by molar-refractivity contribution is -0.132. The van der Waals surface area contributed by atoms with E-state index in [0.29, 0.717) is 13.1 Å². The number of amides is 2. The molecule has 2 heterocycles. The molecule has 2 fully saturated rings. The summed E-state index contributed by atoms with van der Waals surface area (Å²) < 4.78 is 0. The van der Waals surface area contributed by atoms with Crippen LogP contribution in [0.15, 0.2) is 24.3 Å². The molecule has 0 saturated carbocycles. The quantitative estimate of drug-likeness (QED) is 0.873. The SMILES string of the molecule is Cc1cccc(N2CCN(C(=O)CN3C[C@@H](C)[C@H](C(N)=O)C3)CC2)c1. The number of hydrogen-bond donors (Lipinski definition) is 1. The number of piperazine rings is 1. The van der Waals surface area contributed by atoms with Gasteiger partial charge in [-0.25, -0.2) is 0 Å². The molecule has 2 aliphatic rings. The highest BCUT2D eigenvalue weighted by Gasteiger charge is 2.35. The van der Waals surface area contributed by atoms with Crippen LogP contribution in [0.5, 0.6) is 0 Å². The van der Waals surface area contributed by atoms with Gasteiger partial charge in [-0.1, -0.05) is 19.1 Å². The summed E-state index contributed by atoms with van der Waals surface area (Å²) in [4.78, 5) is 30.4. The van der Waals surface area contributed by atoms with Crippen molar-refractivity contribution in [2.75, 3.05) is 50.7 Å². The van der Waals surface area contributed by atoms with Crippen molar-refractivity contribution in [1.29, 1.82) is 0 Å². The van der Waals surface area contributed by atoms with Crippen LogP contribution in [0.3, 0.4) is 0 Å². The summed E-state index contributed by atoms with van der Waals surface area (Å²) in [7, 11) is 0. The highest BCUT2D eigenvalue weighted by atomic mass is 16.2. The van der Waals surface area contributed by atoms with Crippen molar-refractivity contribution in [3.63, 3.8) is 0 Å². The van der Waals surface area contributed by atoms with Crippen LogP contribution >= 0.6 is 0 Å². The van der Waals surface area contributed by atoms with E-state index in [1.165, 1.54) is 11.3 Å². The summed E-state index contributed by atoms with van der Waals surface area (Å²) >= 11 is 0. The first kappa shape index (κ1) is 17.7. The predicted octanol–water partition coefficient (Wildman–Crippen LogP) is 0.697. The van der Waals surface area contributed by atoms with Gasteiger partial charge >= 0.3 is 0 Å². The largest absolute Gasteiger partial charge is 0.369 e. The lowest BCUT2D eigenvalue weighted by Crippen LogP contribution is -2.51. The normalized spacial score (nSPS) is 24.6. The van der Waals surface area contributed by atoms with Gasteiger partial charge < -0.3 is 15.5 Å². The molecule has 3 rings (SSSR count). The molecule has 25 heavy (non-hydrogen) atoms. The van der Waals surface area contributed by atoms with Crippen molar-refractivity contribution in [3.8, 4) is 0 Å². The average Bonchev–Trinajstić information content (AvgIpc) is 2.95. The second-order valence-electron chi connectivity index (χ2n) is 7.39. The number of nitrogens with zero attached hydrogens (tertiary/aromatic N) is 3. The smallest absolute Gasteiger partial charge is 0.236 e. The van der Waals surface area contributed by atoms with E-state index >= 15 is 0 Å². The molecule has 0 unspecified atom stereocenters. The van der Waals surface area contributed by atoms with Crippen molar-refractivity contribution >= 4 is 17.5 Å². The Morgan fingerprint density at radius 1 is 1.16 bits per heavy atom. The van der Waals surface area contributed by atoms with Crippen LogP contribution < -0.4 is 10.6 Å². The molecular weight excluding hydrogens is 316 g/mol. The van der Waals surface area contributed by atoms with E-state index in [4.69, 9.17) is 5.73 Å². The Morgan fingerprint density at radius 3 is 2.48 bits per heavy atom. The fraction of sp³-hybridized carbons (Fsp3) is 0.579. The van der Waals surface area contributed by atoms with Crippen molar-refractivity contribution in [1.82, 2.24) is 9.80 Å². The van der Waals surface area contributed by atoms with Crippen LogP contribution in [0, 0.1) is 18.8 Å². The fourth-order valence-corrected chi connectivity index (χ4v) is 3.90. The molecule has 0 aliphatic carbocycles. The number of benzene rings is 1. The third-order valence-electron chi connectivity index (χ3n) is 5.41. The zero-order chi connectivity index (χ0) is 18.0. The third-order valence-corrected chi connectivity index (χ3v) is 5.41. The second-order valence-corrected chi connectivity index (χ2v) is 7.39. The maximum atomic E-state index is 12.6. The molecule has 136 valence electrons. The standard InChI is InChI=1S/C19H28N4O2/c1-14-4-3-5-16(10-14)22-6-8-23(9-7-22)18(24)13-21-11-15(2)17(12-21)19(20)25/h3-5,10,15,17H,6-9,11-13H2,1-2H3,(H2,20,25)/t15-,17-/m1/s1. The molecule has 2 atom stereocenters. The highest BCUT2D eigenvalue weighted by molar-refractivity contribution is 5.80. The van der Waals surface area contributed by atoms with Gasteiger partial charge in [-0.05, 0) is 30.5 Å². The Kier molecular flexibility index (Phi) is 5.27.